The monoisotopic (exact) mass is 282 g/mol. The molecule has 1 N–H and O–H groups in total. The van der Waals surface area contributed by atoms with Crippen LogP contribution in [0.5, 0.6) is 0 Å². The van der Waals surface area contributed by atoms with E-state index in [-0.39, 0.29) is 5.92 Å². The van der Waals surface area contributed by atoms with Crippen LogP contribution in [-0.2, 0) is 0 Å². The van der Waals surface area contributed by atoms with Gasteiger partial charge in [0.05, 0.1) is 6.10 Å². The molecule has 0 saturated carbocycles. The third kappa shape index (κ3) is 4.11. The molecule has 1 nitrogen and oxygen atoms in total. The molecule has 1 aromatic rings. The van der Waals surface area contributed by atoms with Crippen molar-refractivity contribution in [3.63, 3.8) is 0 Å². The Morgan fingerprint density at radius 1 is 1.25 bits per heavy atom. The van der Waals surface area contributed by atoms with Crippen LogP contribution in [0.4, 0.5) is 0 Å². The predicted octanol–water partition coefficient (Wildman–Crippen LogP) is 4.09. The van der Waals surface area contributed by atoms with Gasteiger partial charge in [-0.3, -0.25) is 0 Å². The van der Waals surface area contributed by atoms with Crippen LogP contribution in [0.2, 0.25) is 0 Å². The quantitative estimate of drug-likeness (QED) is 0.454. The Labute approximate surface area is 106 Å². The second kappa shape index (κ2) is 7.64. The predicted molar refractivity (Wildman–Crippen MR) is 72.7 cm³/mol. The van der Waals surface area contributed by atoms with Crippen molar-refractivity contribution in [1.29, 1.82) is 0 Å². The number of hydrogen-bond donors (Lipinski definition) is 1. The van der Waals surface area contributed by atoms with Crippen molar-refractivity contribution in [1.82, 2.24) is 0 Å². The van der Waals surface area contributed by atoms with Crippen LogP contribution in [0, 0.1) is 5.92 Å². The zero-order chi connectivity index (χ0) is 11.8. The summed E-state index contributed by atoms with van der Waals surface area (Å²) in [5.41, 5.74) is 0.978. The Bertz CT molecular complexity index is 297. The fourth-order valence-electron chi connectivity index (χ4n) is 1.78. The zero-order valence-corrected chi connectivity index (χ0v) is 11.1. The molecule has 0 saturated heterocycles. The lowest BCUT2D eigenvalue weighted by molar-refractivity contribution is 0.126. The first-order valence-electron chi connectivity index (χ1n) is 5.71. The first-order valence-corrected chi connectivity index (χ1v) is 6.83. The molecule has 2 atom stereocenters. The molecular formula is C14H19BrO. The summed E-state index contributed by atoms with van der Waals surface area (Å²) < 4.78 is 0. The van der Waals surface area contributed by atoms with E-state index in [9.17, 15) is 5.11 Å². The van der Waals surface area contributed by atoms with E-state index in [4.69, 9.17) is 0 Å². The van der Waals surface area contributed by atoms with E-state index >= 15 is 0 Å². The van der Waals surface area contributed by atoms with Gasteiger partial charge in [-0.25, -0.2) is 0 Å². The number of hydrogen-bond acceptors (Lipinski definition) is 1. The van der Waals surface area contributed by atoms with E-state index < -0.39 is 6.10 Å². The highest BCUT2D eigenvalue weighted by molar-refractivity contribution is 9.09. The van der Waals surface area contributed by atoms with Crippen molar-refractivity contribution >= 4 is 15.9 Å². The Balaban J connectivity index is 2.55. The largest absolute Gasteiger partial charge is 0.388 e. The highest BCUT2D eigenvalue weighted by atomic mass is 79.9. The number of halogens is 1. The summed E-state index contributed by atoms with van der Waals surface area (Å²) in [6.07, 6.45) is 4.70. The van der Waals surface area contributed by atoms with Crippen molar-refractivity contribution < 1.29 is 5.11 Å². The maximum atomic E-state index is 10.2. The highest BCUT2D eigenvalue weighted by Crippen LogP contribution is 2.26. The molecule has 0 amide bonds. The van der Waals surface area contributed by atoms with E-state index in [0.29, 0.717) is 0 Å². The molecule has 16 heavy (non-hydrogen) atoms. The van der Waals surface area contributed by atoms with Gasteiger partial charge in [0.25, 0.3) is 0 Å². The van der Waals surface area contributed by atoms with Crippen LogP contribution in [0.3, 0.4) is 0 Å². The molecule has 0 aliphatic carbocycles. The lowest BCUT2D eigenvalue weighted by Gasteiger charge is -2.19. The molecule has 0 spiro atoms. The number of benzene rings is 1. The lowest BCUT2D eigenvalue weighted by Crippen LogP contribution is -2.10. The summed E-state index contributed by atoms with van der Waals surface area (Å²) >= 11 is 3.42. The van der Waals surface area contributed by atoms with Gasteiger partial charge in [-0.15, -0.1) is 6.58 Å². The Morgan fingerprint density at radius 3 is 2.50 bits per heavy atom. The van der Waals surface area contributed by atoms with Gasteiger partial charge in [-0.05, 0) is 18.4 Å². The smallest absolute Gasteiger partial charge is 0.0852 e. The second-order valence-electron chi connectivity index (χ2n) is 3.94. The topological polar surface area (TPSA) is 20.2 Å². The maximum absolute atomic E-state index is 10.2. The van der Waals surface area contributed by atoms with Gasteiger partial charge in [0.15, 0.2) is 0 Å². The van der Waals surface area contributed by atoms with E-state index in [0.717, 1.165) is 30.2 Å². The number of aliphatic hydroxyl groups excluding tert-OH is 1. The third-order valence-corrected chi connectivity index (χ3v) is 3.33. The molecule has 0 aliphatic rings. The standard InChI is InChI=1S/C14H19BrO/c1-2-12(8-6-7-11-15)14(16)13-9-4-3-5-10-13/h2-5,9-10,12,14,16H,1,6-8,11H2/t12-,14+/m0/s1. The second-order valence-corrected chi connectivity index (χ2v) is 4.73. The average Bonchev–Trinajstić information content (AvgIpc) is 2.35. The van der Waals surface area contributed by atoms with Crippen LogP contribution in [0.25, 0.3) is 0 Å². The number of rotatable bonds is 7. The average molecular weight is 283 g/mol. The molecule has 2 heteroatoms. The van der Waals surface area contributed by atoms with Crippen LogP contribution in [0.15, 0.2) is 43.0 Å². The van der Waals surface area contributed by atoms with Gasteiger partial charge in [0.2, 0.25) is 0 Å². The molecule has 0 aliphatic heterocycles. The molecule has 0 unspecified atom stereocenters. The van der Waals surface area contributed by atoms with E-state index in [1.165, 1.54) is 0 Å². The van der Waals surface area contributed by atoms with E-state index in [2.05, 4.69) is 22.5 Å². The van der Waals surface area contributed by atoms with Gasteiger partial charge in [-0.1, -0.05) is 58.8 Å². The molecule has 0 heterocycles. The van der Waals surface area contributed by atoms with Crippen molar-refractivity contribution in [3.8, 4) is 0 Å². The summed E-state index contributed by atoms with van der Waals surface area (Å²) in [7, 11) is 0. The number of aliphatic hydroxyl groups is 1. The van der Waals surface area contributed by atoms with Gasteiger partial charge >= 0.3 is 0 Å². The van der Waals surface area contributed by atoms with Crippen molar-refractivity contribution in [3.05, 3.63) is 48.6 Å². The lowest BCUT2D eigenvalue weighted by atomic mass is 9.91. The summed E-state index contributed by atoms with van der Waals surface area (Å²) in [5.74, 6) is 0.154. The van der Waals surface area contributed by atoms with E-state index in [1.807, 2.05) is 36.4 Å². The molecular weight excluding hydrogens is 264 g/mol. The molecule has 1 aromatic carbocycles. The van der Waals surface area contributed by atoms with Gasteiger partial charge in [0.1, 0.15) is 0 Å². The molecule has 0 radical (unpaired) electrons. The maximum Gasteiger partial charge on any atom is 0.0852 e. The Kier molecular flexibility index (Phi) is 6.43. The molecule has 88 valence electrons. The molecule has 0 aromatic heterocycles. The summed E-state index contributed by atoms with van der Waals surface area (Å²) in [4.78, 5) is 0. The van der Waals surface area contributed by atoms with Crippen LogP contribution in [0.1, 0.15) is 30.9 Å². The van der Waals surface area contributed by atoms with Crippen molar-refractivity contribution in [2.75, 3.05) is 5.33 Å². The molecule has 1 rings (SSSR count). The van der Waals surface area contributed by atoms with Gasteiger partial charge in [0, 0.05) is 11.2 Å². The van der Waals surface area contributed by atoms with Crippen LogP contribution < -0.4 is 0 Å². The fourth-order valence-corrected chi connectivity index (χ4v) is 2.17. The van der Waals surface area contributed by atoms with Crippen molar-refractivity contribution in [2.24, 2.45) is 5.92 Å². The minimum atomic E-state index is -0.422. The number of alkyl halides is 1. The van der Waals surface area contributed by atoms with Crippen molar-refractivity contribution in [2.45, 2.75) is 25.4 Å². The first kappa shape index (κ1) is 13.5. The SMILES string of the molecule is C=C[C@@H](CCCCBr)[C@@H](O)c1ccccc1. The fraction of sp³-hybridized carbons (Fsp3) is 0.429. The summed E-state index contributed by atoms with van der Waals surface area (Å²) in [6.45, 7) is 3.81. The molecule has 0 bridgehead atoms. The van der Waals surface area contributed by atoms with Gasteiger partial charge < -0.3 is 5.11 Å². The van der Waals surface area contributed by atoms with E-state index in [1.54, 1.807) is 0 Å². The Morgan fingerprint density at radius 2 is 1.94 bits per heavy atom. The highest BCUT2D eigenvalue weighted by Gasteiger charge is 2.16. The number of unbranched alkanes of at least 4 members (excludes halogenated alkanes) is 1. The normalized spacial score (nSPS) is 14.4. The minimum absolute atomic E-state index is 0.154. The minimum Gasteiger partial charge on any atom is -0.388 e. The van der Waals surface area contributed by atoms with Gasteiger partial charge in [-0.2, -0.15) is 0 Å². The zero-order valence-electron chi connectivity index (χ0n) is 9.48. The molecule has 0 fully saturated rings. The van der Waals surface area contributed by atoms with Crippen LogP contribution in [-0.4, -0.2) is 10.4 Å². The van der Waals surface area contributed by atoms with Crippen LogP contribution >= 0.6 is 15.9 Å². The summed E-state index contributed by atoms with van der Waals surface area (Å²) in [5, 5.41) is 11.2. The first-order chi connectivity index (χ1) is 7.79. The third-order valence-electron chi connectivity index (χ3n) is 2.77. The Hall–Kier alpha value is -0.600. The summed E-state index contributed by atoms with van der Waals surface area (Å²) in [6, 6.07) is 9.80.